The number of carboxylic acid groups (broad SMARTS) is 1. The van der Waals surface area contributed by atoms with E-state index in [2.05, 4.69) is 0 Å². The summed E-state index contributed by atoms with van der Waals surface area (Å²) in [6.07, 6.45) is 1.32. The van der Waals surface area contributed by atoms with Crippen molar-refractivity contribution in [1.82, 2.24) is 4.72 Å². The number of carboxylic acids is 1. The average molecular weight is 192 g/mol. The molecule has 5 nitrogen and oxygen atoms in total. The Kier molecular flexibility index (Phi) is 4.53. The van der Waals surface area contributed by atoms with E-state index in [0.29, 0.717) is 0 Å². The van der Waals surface area contributed by atoms with Gasteiger partial charge in [0.1, 0.15) is 5.70 Å². The largest absolute Gasteiger partial charge is 0.755 e. The monoisotopic (exact) mass is 192 g/mol. The zero-order valence-corrected chi connectivity index (χ0v) is 7.55. The minimum atomic E-state index is -2.58. The number of aliphatic carboxylic acids is 1. The first kappa shape index (κ1) is 11.1. The Bertz CT molecular complexity index is 224. The lowest BCUT2D eigenvalue weighted by molar-refractivity contribution is -0.132. The van der Waals surface area contributed by atoms with Gasteiger partial charge in [-0.05, 0) is 5.92 Å². The number of rotatable bonds is 4. The van der Waals surface area contributed by atoms with Crippen LogP contribution in [0.15, 0.2) is 11.8 Å². The van der Waals surface area contributed by atoms with E-state index in [-0.39, 0.29) is 11.6 Å². The molecule has 1 atom stereocenters. The molecule has 0 aromatic heterocycles. The molecule has 6 heteroatoms. The maximum Gasteiger partial charge on any atom is 0.352 e. The first-order chi connectivity index (χ1) is 5.43. The highest BCUT2D eigenvalue weighted by molar-refractivity contribution is 7.77. The smallest absolute Gasteiger partial charge is 0.352 e. The number of hydrogen-bond acceptors (Lipinski definition) is 3. The molecule has 0 saturated carbocycles. The molecule has 0 saturated heterocycles. The van der Waals surface area contributed by atoms with Crippen LogP contribution in [0.4, 0.5) is 0 Å². The van der Waals surface area contributed by atoms with Crippen molar-refractivity contribution in [1.29, 1.82) is 0 Å². The Balaban J connectivity index is 4.44. The van der Waals surface area contributed by atoms with Crippen molar-refractivity contribution in [2.45, 2.75) is 13.8 Å². The first-order valence-electron chi connectivity index (χ1n) is 3.24. The van der Waals surface area contributed by atoms with Gasteiger partial charge in [0.15, 0.2) is 0 Å². The van der Waals surface area contributed by atoms with Gasteiger partial charge in [-0.25, -0.2) is 4.79 Å². The lowest BCUT2D eigenvalue weighted by Crippen LogP contribution is -2.22. The molecule has 0 aromatic carbocycles. The molecule has 0 aliphatic rings. The van der Waals surface area contributed by atoms with Crippen molar-refractivity contribution in [2.24, 2.45) is 5.92 Å². The Morgan fingerprint density at radius 3 is 2.42 bits per heavy atom. The van der Waals surface area contributed by atoms with Crippen molar-refractivity contribution < 1.29 is 18.7 Å². The third-order valence-electron chi connectivity index (χ3n) is 0.924. The predicted molar refractivity (Wildman–Crippen MR) is 42.6 cm³/mol. The normalized spacial score (nSPS) is 14.5. The van der Waals surface area contributed by atoms with Gasteiger partial charge in [-0.3, -0.25) is 4.21 Å². The zero-order chi connectivity index (χ0) is 9.72. The van der Waals surface area contributed by atoms with Crippen molar-refractivity contribution in [3.05, 3.63) is 11.8 Å². The summed E-state index contributed by atoms with van der Waals surface area (Å²) in [4.78, 5) is 10.4. The van der Waals surface area contributed by atoms with Gasteiger partial charge >= 0.3 is 5.97 Å². The van der Waals surface area contributed by atoms with E-state index in [1.807, 2.05) is 0 Å². The summed E-state index contributed by atoms with van der Waals surface area (Å²) < 4.78 is 21.9. The molecule has 0 aromatic rings. The van der Waals surface area contributed by atoms with Crippen LogP contribution in [0.2, 0.25) is 0 Å². The summed E-state index contributed by atoms with van der Waals surface area (Å²) in [5, 5.41) is 8.47. The molecule has 2 N–H and O–H groups in total. The third-order valence-corrected chi connectivity index (χ3v) is 1.31. The van der Waals surface area contributed by atoms with Gasteiger partial charge in [0.25, 0.3) is 0 Å². The quantitative estimate of drug-likeness (QED) is 0.484. The highest BCUT2D eigenvalue weighted by atomic mass is 32.2. The van der Waals surface area contributed by atoms with Gasteiger partial charge in [-0.15, -0.1) is 0 Å². The SMILES string of the molecule is CC(C)C=C(NS(=O)[O-])C(=O)O. The molecule has 1 unspecified atom stereocenters. The van der Waals surface area contributed by atoms with E-state index < -0.39 is 17.2 Å². The van der Waals surface area contributed by atoms with E-state index in [1.165, 1.54) is 6.08 Å². The zero-order valence-electron chi connectivity index (χ0n) is 6.73. The van der Waals surface area contributed by atoms with Crippen LogP contribution in [0.3, 0.4) is 0 Å². The molecule has 12 heavy (non-hydrogen) atoms. The molecule has 0 bridgehead atoms. The molecular weight excluding hydrogens is 182 g/mol. The van der Waals surface area contributed by atoms with Gasteiger partial charge in [-0.2, -0.15) is 0 Å². The van der Waals surface area contributed by atoms with Gasteiger partial charge in [-0.1, -0.05) is 19.9 Å². The summed E-state index contributed by atoms with van der Waals surface area (Å²) in [5.41, 5.74) is -0.321. The predicted octanol–water partition coefficient (Wildman–Crippen LogP) is -0.00540. The van der Waals surface area contributed by atoms with Crippen molar-refractivity contribution in [3.63, 3.8) is 0 Å². The second-order valence-corrected chi connectivity index (χ2v) is 3.14. The van der Waals surface area contributed by atoms with Crippen LogP contribution >= 0.6 is 0 Å². The Morgan fingerprint density at radius 1 is 1.67 bits per heavy atom. The molecule has 0 heterocycles. The summed E-state index contributed by atoms with van der Waals surface area (Å²) in [7, 11) is 0. The molecule has 0 radical (unpaired) electrons. The molecule has 0 aliphatic heterocycles. The van der Waals surface area contributed by atoms with Crippen molar-refractivity contribution in [2.75, 3.05) is 0 Å². The summed E-state index contributed by atoms with van der Waals surface area (Å²) in [5.74, 6) is -1.31. The average Bonchev–Trinajstić information content (AvgIpc) is 1.83. The lowest BCUT2D eigenvalue weighted by Gasteiger charge is -2.09. The maximum absolute atomic E-state index is 10.4. The van der Waals surface area contributed by atoms with Crippen LogP contribution < -0.4 is 4.72 Å². The molecular formula is C6H10NO4S-. The summed E-state index contributed by atoms with van der Waals surface area (Å²) >= 11 is -2.58. The van der Waals surface area contributed by atoms with E-state index in [1.54, 1.807) is 18.6 Å². The number of allylic oxidation sites excluding steroid dienone is 1. The van der Waals surface area contributed by atoms with Gasteiger partial charge < -0.3 is 14.4 Å². The summed E-state index contributed by atoms with van der Waals surface area (Å²) in [6.45, 7) is 3.50. The van der Waals surface area contributed by atoms with E-state index in [0.717, 1.165) is 0 Å². The molecule has 0 spiro atoms. The van der Waals surface area contributed by atoms with Crippen molar-refractivity contribution in [3.8, 4) is 0 Å². The fourth-order valence-corrected chi connectivity index (χ4v) is 0.907. The van der Waals surface area contributed by atoms with Crippen LogP contribution in [0.25, 0.3) is 0 Å². The van der Waals surface area contributed by atoms with Gasteiger partial charge in [0, 0.05) is 11.3 Å². The van der Waals surface area contributed by atoms with E-state index >= 15 is 0 Å². The minimum Gasteiger partial charge on any atom is -0.755 e. The second kappa shape index (κ2) is 4.89. The fourth-order valence-electron chi connectivity index (χ4n) is 0.572. The van der Waals surface area contributed by atoms with Crippen molar-refractivity contribution >= 4 is 17.2 Å². The standard InChI is InChI=1S/C6H11NO4S/c1-4(2)3-5(6(8)9)7-12(10)11/h3-4,7H,1-2H3,(H,8,9)(H,10,11)/p-1. The minimum absolute atomic E-state index is 0.0212. The van der Waals surface area contributed by atoms with Crippen LogP contribution in [-0.2, 0) is 16.1 Å². The Labute approximate surface area is 72.9 Å². The first-order valence-corrected chi connectivity index (χ1v) is 4.32. The lowest BCUT2D eigenvalue weighted by atomic mass is 10.2. The van der Waals surface area contributed by atoms with E-state index in [9.17, 15) is 13.6 Å². The highest BCUT2D eigenvalue weighted by Gasteiger charge is 2.06. The maximum atomic E-state index is 10.4. The number of nitrogens with one attached hydrogen (secondary N) is 1. The molecule has 0 rings (SSSR count). The fraction of sp³-hybridized carbons (Fsp3) is 0.500. The molecule has 0 fully saturated rings. The van der Waals surface area contributed by atoms with Crippen LogP contribution in [-0.4, -0.2) is 19.8 Å². The second-order valence-electron chi connectivity index (χ2n) is 2.47. The number of hydrogen-bond donors (Lipinski definition) is 2. The van der Waals surface area contributed by atoms with Gasteiger partial charge in [0.05, 0.1) is 0 Å². The Morgan fingerprint density at radius 2 is 2.17 bits per heavy atom. The summed E-state index contributed by atoms with van der Waals surface area (Å²) in [6, 6.07) is 0. The number of carbonyl (C=O) groups is 1. The van der Waals surface area contributed by atoms with Crippen LogP contribution in [0.5, 0.6) is 0 Å². The van der Waals surface area contributed by atoms with Crippen LogP contribution in [0.1, 0.15) is 13.8 Å². The molecule has 0 amide bonds. The Hall–Kier alpha value is -0.880. The highest BCUT2D eigenvalue weighted by Crippen LogP contribution is 1.99. The van der Waals surface area contributed by atoms with Crippen LogP contribution in [0, 0.1) is 5.92 Å². The molecule has 0 aliphatic carbocycles. The topological polar surface area (TPSA) is 89.5 Å². The van der Waals surface area contributed by atoms with Gasteiger partial charge in [0.2, 0.25) is 0 Å². The third kappa shape index (κ3) is 4.86. The molecule has 70 valence electrons. The van der Waals surface area contributed by atoms with E-state index in [4.69, 9.17) is 5.11 Å².